The maximum Gasteiger partial charge on any atom is 0.490 e. The standard InChI is InChI=1S/C26H38N6O6S.C17H19ClN4O4S.C9H20N2O2.C8H13NO3.C6H15NO2.C2HF3O2/c1-4-8-21-23-24(30(3)29-21)26(35)28-25(27-23)20-15-19(9-10-22(20)38-5-2)39(36,37)32-16-18(17-32)31(11-6-13-33)12-7-14-34;1-4-6-12-14-15(22(3)21-12)17(23)20-16(19-14)11-9-10(27(18,24)25)7-8-13(11)26-5-2;12-5-1-3-11(4-2-6-13)9-7-10-8-9;1-8(2,3)12-7(11)9-4-6(10)5-9;8-5-1-3-7-4-2-6-9;3-2(4,5)1(6)7/h9-10,15,18,33-34H,4-8,11-14,16-17H2,1-3H3,(H,27,28,35);7-9H,4-6H2,1-3H3,(H,19,20,23);9-10,12-13H,1-8H2;4-5H2,1-3H3;7-9H,1-6H2;(H,6,7). The lowest BCUT2D eigenvalue weighted by molar-refractivity contribution is -0.192. The van der Waals surface area contributed by atoms with E-state index in [1.807, 2.05) is 20.8 Å². The quantitative estimate of drug-likeness (QED) is 0.0207. The molecule has 4 aromatic heterocycles. The largest absolute Gasteiger partial charge is 0.493 e. The summed E-state index contributed by atoms with van der Waals surface area (Å²) in [5.41, 5.74) is 2.64. The van der Waals surface area contributed by atoms with E-state index in [9.17, 15) is 59.4 Å². The summed E-state index contributed by atoms with van der Waals surface area (Å²) >= 11 is 0. The minimum Gasteiger partial charge on any atom is -0.493 e. The number of Topliss-reactive ketones (excluding diaryl/α,β-unsaturated/α-hetero) is 1. The number of nitrogens with one attached hydrogen (secondary N) is 4. The molecule has 3 aliphatic heterocycles. The lowest BCUT2D eigenvalue weighted by atomic mass is 10.1. The number of aliphatic carboxylic acids is 1. The molecule has 0 spiro atoms. The van der Waals surface area contributed by atoms with Gasteiger partial charge in [-0.05, 0) is 135 Å². The summed E-state index contributed by atoms with van der Waals surface area (Å²) in [4.78, 5) is 76.8. The number of sulfonamides is 1. The molecule has 0 aliphatic carbocycles. The van der Waals surface area contributed by atoms with Crippen molar-refractivity contribution >= 4 is 69.7 Å². The van der Waals surface area contributed by atoms with Gasteiger partial charge >= 0.3 is 18.2 Å². The number of alkyl halides is 3. The maximum atomic E-state index is 13.6. The molecule has 0 bridgehead atoms. The number of fused-ring (bicyclic) bond motifs is 2. The summed E-state index contributed by atoms with van der Waals surface area (Å²) in [6, 6.07) is 9.43. The molecule has 33 nitrogen and oxygen atoms in total. The number of carbonyl (C=O) groups is 3. The second kappa shape index (κ2) is 45.0. The molecule has 602 valence electrons. The van der Waals surface area contributed by atoms with Crippen LogP contribution in [-0.4, -0.2) is 284 Å². The normalized spacial score (nSPS) is 14.1. The molecule has 1 amide bonds. The molecule has 3 fully saturated rings. The number of aliphatic hydroxyl groups excluding tert-OH is 6. The molecule has 9 rings (SSSR count). The number of halogens is 4. The van der Waals surface area contributed by atoms with Gasteiger partial charge in [0.2, 0.25) is 10.0 Å². The van der Waals surface area contributed by atoms with Crippen LogP contribution in [0.15, 0.2) is 55.8 Å². The smallest absolute Gasteiger partial charge is 0.490 e. The van der Waals surface area contributed by atoms with E-state index in [2.05, 4.69) is 45.6 Å². The van der Waals surface area contributed by atoms with E-state index < -0.39 is 42.9 Å². The van der Waals surface area contributed by atoms with Crippen LogP contribution in [0.25, 0.3) is 44.8 Å². The molecule has 3 aliphatic rings. The Kier molecular flexibility index (Phi) is 38.7. The molecule has 0 atom stereocenters. The first kappa shape index (κ1) is 92.1. The van der Waals surface area contributed by atoms with Crippen molar-refractivity contribution in [1.82, 2.24) is 69.1 Å². The minimum atomic E-state index is -5.08. The monoisotopic (exact) mass is 1580 g/mol. The number of carbonyl (C=O) groups excluding carboxylic acids is 2. The number of ketones is 1. The molecule has 107 heavy (non-hydrogen) atoms. The topological polar surface area (TPSA) is 453 Å². The van der Waals surface area contributed by atoms with Gasteiger partial charge in [0.25, 0.3) is 20.2 Å². The molecule has 0 radical (unpaired) electrons. The lowest BCUT2D eigenvalue weighted by Crippen LogP contribution is -2.61. The van der Waals surface area contributed by atoms with Gasteiger partial charge in [-0.25, -0.2) is 36.4 Å². The Morgan fingerprint density at radius 2 is 1.03 bits per heavy atom. The lowest BCUT2D eigenvalue weighted by Gasteiger charge is -2.44. The van der Waals surface area contributed by atoms with Gasteiger partial charge in [0.1, 0.15) is 39.8 Å². The SMILES string of the molecule is CC(C)(C)OC(=O)N1CC(=O)C1.CCCc1nn(C)c2c(=O)[nH]c(-c3cc(S(=O)(=O)Cl)ccc3OCC)nc12.CCCc1nn(C)c2c(=O)[nH]c(-c3cc(S(=O)(=O)N4CC(N(CCCO)CCCO)C4)ccc3OCC)nc12.O=C(O)C(F)(F)F.OCCCN(CCCO)C1CNC1.OCCCNCCCO. The Morgan fingerprint density at radius 1 is 0.636 bits per heavy atom. The van der Waals surface area contributed by atoms with Crippen molar-refractivity contribution < 1.29 is 94.3 Å². The van der Waals surface area contributed by atoms with E-state index in [0.29, 0.717) is 127 Å². The Hall–Kier alpha value is -7.31. The number of likely N-dealkylation sites (tertiary alicyclic amines) is 1. The van der Waals surface area contributed by atoms with E-state index >= 15 is 0 Å². The van der Waals surface area contributed by atoms with Gasteiger partial charge in [-0.1, -0.05) is 26.7 Å². The van der Waals surface area contributed by atoms with Gasteiger partial charge in [0.15, 0.2) is 16.8 Å². The van der Waals surface area contributed by atoms with Crippen LogP contribution in [0.4, 0.5) is 18.0 Å². The number of hydrogen-bond acceptors (Lipinski definition) is 26. The Labute approximate surface area is 624 Å². The van der Waals surface area contributed by atoms with Gasteiger partial charge in [-0.15, -0.1) is 0 Å². The Morgan fingerprint density at radius 3 is 1.36 bits per heavy atom. The number of H-pyrrole nitrogens is 2. The van der Waals surface area contributed by atoms with Gasteiger partial charge in [-0.3, -0.25) is 38.4 Å². The number of aromatic nitrogens is 8. The Bertz CT molecular complexity index is 4100. The van der Waals surface area contributed by atoms with Gasteiger partial charge in [0.05, 0.1) is 58.6 Å². The van der Waals surface area contributed by atoms with Crippen molar-refractivity contribution in [2.24, 2.45) is 14.1 Å². The summed E-state index contributed by atoms with van der Waals surface area (Å²) in [6.07, 6.45) is 1.96. The second-order valence-electron chi connectivity index (χ2n) is 25.7. The molecule has 7 heterocycles. The number of ether oxygens (including phenoxy) is 3. The van der Waals surface area contributed by atoms with Crippen molar-refractivity contribution in [3.05, 3.63) is 68.5 Å². The van der Waals surface area contributed by atoms with E-state index in [1.165, 1.54) is 48.9 Å². The zero-order chi connectivity index (χ0) is 79.8. The van der Waals surface area contributed by atoms with Crippen molar-refractivity contribution in [1.29, 1.82) is 0 Å². The van der Waals surface area contributed by atoms with Crippen molar-refractivity contribution in [2.45, 2.75) is 146 Å². The predicted molar refractivity (Wildman–Crippen MR) is 394 cm³/mol. The molecular formula is C68H106ClF3N14O19S2. The summed E-state index contributed by atoms with van der Waals surface area (Å²) < 4.78 is 103. The zero-order valence-electron chi connectivity index (χ0n) is 62.2. The maximum absolute atomic E-state index is 13.6. The molecular weight excluding hydrogens is 1470 g/mol. The van der Waals surface area contributed by atoms with Crippen LogP contribution >= 0.6 is 10.7 Å². The highest BCUT2D eigenvalue weighted by molar-refractivity contribution is 8.13. The number of aryl methyl sites for hydroxylation is 4. The van der Waals surface area contributed by atoms with Crippen LogP contribution in [0.2, 0.25) is 0 Å². The molecule has 39 heteroatoms. The van der Waals surface area contributed by atoms with Crippen LogP contribution in [0.5, 0.6) is 11.5 Å². The predicted octanol–water partition coefficient (Wildman–Crippen LogP) is 3.52. The minimum absolute atomic E-state index is 0.0167. The van der Waals surface area contributed by atoms with E-state index in [4.69, 9.17) is 60.2 Å². The molecule has 0 unspecified atom stereocenters. The third-order valence-corrected chi connectivity index (χ3v) is 19.3. The number of nitrogens with zero attached hydrogens (tertiary/aromatic N) is 10. The van der Waals surface area contributed by atoms with Crippen molar-refractivity contribution in [3.8, 4) is 34.3 Å². The van der Waals surface area contributed by atoms with Crippen LogP contribution in [0.3, 0.4) is 0 Å². The number of carboxylic acids is 1. The second-order valence-corrected chi connectivity index (χ2v) is 30.2. The van der Waals surface area contributed by atoms with Crippen molar-refractivity contribution in [2.75, 3.05) is 131 Å². The third-order valence-electron chi connectivity index (χ3n) is 16.1. The fourth-order valence-corrected chi connectivity index (χ4v) is 13.1. The highest BCUT2D eigenvalue weighted by Gasteiger charge is 2.41. The molecule has 6 aromatic rings. The van der Waals surface area contributed by atoms with Crippen LogP contribution < -0.4 is 31.2 Å². The summed E-state index contributed by atoms with van der Waals surface area (Å²) in [6.45, 7) is 22.9. The average molecular weight is 1580 g/mol. The first-order valence-corrected chi connectivity index (χ1v) is 39.1. The number of rotatable bonds is 33. The highest BCUT2D eigenvalue weighted by atomic mass is 35.7. The van der Waals surface area contributed by atoms with E-state index in [-0.39, 0.29) is 97.1 Å². The number of aromatic amines is 2. The first-order valence-electron chi connectivity index (χ1n) is 35.4. The average Bonchev–Trinajstić information content (AvgIpc) is 1.70. The van der Waals surface area contributed by atoms with E-state index in [0.717, 1.165) is 77.8 Å². The molecule has 3 saturated heterocycles. The van der Waals surface area contributed by atoms with Gasteiger partial charge in [-0.2, -0.15) is 27.7 Å². The highest BCUT2D eigenvalue weighted by Crippen LogP contribution is 2.35. The fourth-order valence-electron chi connectivity index (χ4n) is 10.8. The summed E-state index contributed by atoms with van der Waals surface area (Å²) in [5.74, 6) is -1.44. The first-order chi connectivity index (χ1) is 50.6. The third kappa shape index (κ3) is 28.6. The molecule has 11 N–H and O–H groups in total. The van der Waals surface area contributed by atoms with Crippen LogP contribution in [-0.2, 0) is 60.3 Å². The summed E-state index contributed by atoms with van der Waals surface area (Å²) in [5, 5.41) is 74.8. The number of benzene rings is 2. The number of hydrogen-bond donors (Lipinski definition) is 11. The summed E-state index contributed by atoms with van der Waals surface area (Å²) in [7, 11) is 1.08. The number of aliphatic hydroxyl groups is 6. The van der Waals surface area contributed by atoms with Gasteiger partial charge in [0, 0.05) is 129 Å². The van der Waals surface area contributed by atoms with E-state index in [1.54, 1.807) is 47.9 Å². The zero-order valence-corrected chi connectivity index (χ0v) is 64.6. The fraction of sp³-hybridized carbons (Fsp3) is 0.632. The van der Waals surface area contributed by atoms with Crippen LogP contribution in [0, 0.1) is 0 Å². The van der Waals surface area contributed by atoms with Gasteiger partial charge < -0.3 is 70.6 Å². The van der Waals surface area contributed by atoms with Crippen molar-refractivity contribution in [3.63, 3.8) is 0 Å². The molecule has 2 aromatic carbocycles. The Balaban J connectivity index is 0.000000305. The number of carboxylic acid groups (broad SMARTS) is 1. The molecule has 0 saturated carbocycles. The van der Waals surface area contributed by atoms with Crippen LogP contribution in [0.1, 0.15) is 111 Å². The number of amides is 1.